The third kappa shape index (κ3) is 13.6. The lowest BCUT2D eigenvalue weighted by atomic mass is 9.65. The summed E-state index contributed by atoms with van der Waals surface area (Å²) in [5, 5.41) is 21.1. The lowest BCUT2D eigenvalue weighted by Gasteiger charge is -2.59. The third-order valence-electron chi connectivity index (χ3n) is 17.1. The van der Waals surface area contributed by atoms with Crippen LogP contribution in [0.15, 0.2) is 67.8 Å². The molecule has 4 aliphatic rings. The van der Waals surface area contributed by atoms with Crippen molar-refractivity contribution in [1.29, 1.82) is 0 Å². The summed E-state index contributed by atoms with van der Waals surface area (Å²) >= 11 is 1.93. The van der Waals surface area contributed by atoms with Crippen LogP contribution in [0.25, 0.3) is 11.3 Å². The molecule has 8 rings (SSSR count). The van der Waals surface area contributed by atoms with Gasteiger partial charge in [-0.15, -0.1) is 5.10 Å². The minimum Gasteiger partial charge on any atom is -0.455 e. The number of aliphatic hydroxyl groups excluding tert-OH is 1. The topological polar surface area (TPSA) is 222 Å². The van der Waals surface area contributed by atoms with Gasteiger partial charge >= 0.3 is 5.97 Å². The van der Waals surface area contributed by atoms with Crippen molar-refractivity contribution in [2.45, 2.75) is 151 Å². The highest BCUT2D eigenvalue weighted by molar-refractivity contribution is 14.1. The number of imidazole rings is 1. The minimum atomic E-state index is -1.48. The predicted molar refractivity (Wildman–Crippen MR) is 296 cm³/mol. The average Bonchev–Trinajstić information content (AvgIpc) is 4.16. The molecule has 22 heteroatoms. The highest BCUT2D eigenvalue weighted by atomic mass is 127. The van der Waals surface area contributed by atoms with Crippen LogP contribution in [0.2, 0.25) is 0 Å². The van der Waals surface area contributed by atoms with E-state index in [2.05, 4.69) is 52.1 Å². The van der Waals surface area contributed by atoms with Crippen molar-refractivity contribution in [2.24, 2.45) is 23.7 Å². The van der Waals surface area contributed by atoms with Gasteiger partial charge in [-0.1, -0.05) is 19.1 Å². The van der Waals surface area contributed by atoms with E-state index in [1.165, 1.54) is 19.6 Å². The number of rotatable bonds is 19. The number of piperazine rings is 1. The van der Waals surface area contributed by atoms with Crippen molar-refractivity contribution in [3.8, 4) is 11.3 Å². The number of cyclic esters (lactones) is 1. The molecular formula is C56H80IN11O10. The number of hydrogen-bond donors (Lipinski definition) is 1. The molecule has 4 aromatic rings. The number of halogens is 1. The Balaban J connectivity index is 0.942. The quantitative estimate of drug-likeness (QED) is 0.0453. The zero-order valence-electron chi connectivity index (χ0n) is 46.7. The molecule has 0 amide bonds. The standard InChI is InChI=1S/C56H80IN11O10/c1-36-29-55(5,74-9)51(77-53-49(72)45(28-37(2)76-53)63(7)21-16-42-32-68(62-61-42)27-26-65-22-24-66(25-23-65)31-40-14-18-58-19-15-40)38(3)48(71)39(4)52(73)78-54(57)56(6,75-35-69)50-46(47(36)70)44(64(50)8)13-11-20-67-33-43(60-34-67)41-12-10-17-59-30-41/h10,12,14-15,17-19,30,32-39,44-46,49-51,53-54,72H,11,13,16,20-29,31H2,1-9H3/t36-,37-,38?,39-,44?,45+,46+,49-,50-,51-,53+,54+,55-,56+/m1/s1. The number of fused-ring (bicyclic) bond motifs is 1. The van der Waals surface area contributed by atoms with Crippen LogP contribution in [0.1, 0.15) is 78.5 Å². The summed E-state index contributed by atoms with van der Waals surface area (Å²) in [6, 6.07) is 6.61. The molecule has 0 aromatic carbocycles. The normalized spacial score (nSPS) is 33.0. The predicted octanol–water partition coefficient (Wildman–Crippen LogP) is 4.34. The molecule has 426 valence electrons. The molecule has 1 N–H and O–H groups in total. The number of aromatic nitrogens is 7. The zero-order chi connectivity index (χ0) is 55.9. The summed E-state index contributed by atoms with van der Waals surface area (Å²) in [5.74, 6) is -5.01. The summed E-state index contributed by atoms with van der Waals surface area (Å²) < 4.78 is 34.4. The molecule has 4 aromatic heterocycles. The maximum absolute atomic E-state index is 15.3. The smallest absolute Gasteiger partial charge is 0.317 e. The molecule has 0 aliphatic carbocycles. The van der Waals surface area contributed by atoms with Gasteiger partial charge in [-0.2, -0.15) is 0 Å². The number of carbonyl (C=O) groups excluding carboxylic acids is 4. The molecule has 0 bridgehead atoms. The van der Waals surface area contributed by atoms with Crippen LogP contribution in [0.5, 0.6) is 0 Å². The number of ketones is 2. The monoisotopic (exact) mass is 1190 g/mol. The van der Waals surface area contributed by atoms with Gasteiger partial charge in [0.25, 0.3) is 6.47 Å². The van der Waals surface area contributed by atoms with Crippen molar-refractivity contribution in [1.82, 2.24) is 54.1 Å². The summed E-state index contributed by atoms with van der Waals surface area (Å²) in [7, 11) is 5.36. The fraction of sp³-hybridized carbons (Fsp3) is 0.661. The molecule has 0 radical (unpaired) electrons. The number of hydrogen-bond acceptors (Lipinski definition) is 19. The van der Waals surface area contributed by atoms with E-state index in [9.17, 15) is 19.5 Å². The van der Waals surface area contributed by atoms with Gasteiger partial charge in [0.05, 0.1) is 54.0 Å². The van der Waals surface area contributed by atoms with E-state index in [0.717, 1.165) is 62.8 Å². The molecular weight excluding hydrogens is 1110 g/mol. The number of methoxy groups -OCH3 is 1. The first kappa shape index (κ1) is 59.5. The number of likely N-dealkylation sites (N-methyl/N-ethyl adjacent to an activating group) is 2. The van der Waals surface area contributed by atoms with E-state index in [1.807, 2.05) is 102 Å². The Labute approximate surface area is 472 Å². The molecule has 14 atom stereocenters. The maximum Gasteiger partial charge on any atom is 0.317 e. The number of ether oxygens (including phenoxy) is 5. The highest BCUT2D eigenvalue weighted by Gasteiger charge is 2.63. The van der Waals surface area contributed by atoms with Crippen LogP contribution in [-0.2, 0) is 68.9 Å². The second-order valence-electron chi connectivity index (χ2n) is 22.5. The molecule has 4 saturated heterocycles. The van der Waals surface area contributed by atoms with E-state index in [-0.39, 0.29) is 24.3 Å². The Kier molecular flexibility index (Phi) is 20.0. The second-order valence-corrected chi connectivity index (χ2v) is 23.6. The van der Waals surface area contributed by atoms with Gasteiger partial charge in [-0.3, -0.25) is 48.5 Å². The number of carbonyl (C=O) groups is 4. The fourth-order valence-electron chi connectivity index (χ4n) is 12.3. The number of Topliss-reactive ketones (excluding diaryl/α,β-unsaturated/α-hetero) is 2. The molecule has 21 nitrogen and oxygen atoms in total. The SMILES string of the molecule is CO[C@]1(C)C[C@@H](C)C(=O)[C@@H]2C(CCCn3cnc(-c4cccnc4)c3)N(C)[C@H]2[C@](C)(OC=O)[C@@H](I)OC(=O)[C@H](C)C(=O)C(C)[C@H]1O[C@@H]1O[C@H](C)C[C@H](N(C)CCc2cn(CCN3CCN(Cc4ccncc4)CC3)nn2)[C@H]1O. The minimum absolute atomic E-state index is 0.0948. The Morgan fingerprint density at radius 1 is 0.962 bits per heavy atom. The molecule has 4 aliphatic heterocycles. The van der Waals surface area contributed by atoms with Gasteiger partial charge in [0.15, 0.2) is 21.8 Å². The van der Waals surface area contributed by atoms with Gasteiger partial charge in [0.2, 0.25) is 0 Å². The van der Waals surface area contributed by atoms with E-state index in [0.29, 0.717) is 45.2 Å². The average molecular weight is 1190 g/mol. The molecule has 2 unspecified atom stereocenters. The fourth-order valence-corrected chi connectivity index (χ4v) is 13.1. The number of esters is 1. The number of likely N-dealkylation sites (tertiary alicyclic amines) is 1. The number of aliphatic hydroxyl groups is 1. The molecule has 78 heavy (non-hydrogen) atoms. The molecule has 0 saturated carbocycles. The number of pyridine rings is 2. The van der Waals surface area contributed by atoms with Crippen molar-refractivity contribution in [3.63, 3.8) is 0 Å². The first-order valence-electron chi connectivity index (χ1n) is 27.5. The van der Waals surface area contributed by atoms with E-state index in [1.54, 1.807) is 39.5 Å². The van der Waals surface area contributed by atoms with Crippen LogP contribution in [0.4, 0.5) is 0 Å². The van der Waals surface area contributed by atoms with Gasteiger partial charge in [0.1, 0.15) is 17.8 Å². The first-order valence-corrected chi connectivity index (χ1v) is 28.7. The number of aryl methyl sites for hydroxylation is 1. The maximum atomic E-state index is 15.3. The van der Waals surface area contributed by atoms with Crippen molar-refractivity contribution in [2.75, 3.05) is 60.5 Å². The summed E-state index contributed by atoms with van der Waals surface area (Å²) in [5.41, 5.74) is 1.03. The molecule has 0 spiro atoms. The van der Waals surface area contributed by atoms with Crippen LogP contribution >= 0.6 is 22.6 Å². The highest BCUT2D eigenvalue weighted by Crippen LogP contribution is 2.48. The van der Waals surface area contributed by atoms with Gasteiger partial charge < -0.3 is 38.3 Å². The van der Waals surface area contributed by atoms with E-state index in [4.69, 9.17) is 23.7 Å². The second kappa shape index (κ2) is 26.3. The lowest BCUT2D eigenvalue weighted by Crippen LogP contribution is -2.75. The van der Waals surface area contributed by atoms with Gasteiger partial charge in [0, 0.05) is 133 Å². The van der Waals surface area contributed by atoms with Crippen molar-refractivity contribution < 1.29 is 48.0 Å². The van der Waals surface area contributed by atoms with E-state index >= 15 is 4.79 Å². The van der Waals surface area contributed by atoms with Crippen molar-refractivity contribution in [3.05, 3.63) is 79.0 Å². The Morgan fingerprint density at radius 2 is 1.71 bits per heavy atom. The number of alkyl halides is 1. The third-order valence-corrected chi connectivity index (χ3v) is 18.6. The Hall–Kier alpha value is -4.66. The largest absolute Gasteiger partial charge is 0.455 e. The molecule has 8 heterocycles. The van der Waals surface area contributed by atoms with Gasteiger partial charge in [-0.25, -0.2) is 4.98 Å². The molecule has 4 fully saturated rings. The Bertz CT molecular complexity index is 2610. The lowest BCUT2D eigenvalue weighted by molar-refractivity contribution is -0.296. The van der Waals surface area contributed by atoms with E-state index < -0.39 is 81.3 Å². The first-order chi connectivity index (χ1) is 37.3. The number of nitrogens with zero attached hydrogens (tertiary/aromatic N) is 11. The van der Waals surface area contributed by atoms with Crippen LogP contribution < -0.4 is 0 Å². The summed E-state index contributed by atoms with van der Waals surface area (Å²) in [6.07, 6.45) is 11.7. The summed E-state index contributed by atoms with van der Waals surface area (Å²) in [6.45, 7) is 18.5. The van der Waals surface area contributed by atoms with Crippen LogP contribution in [-0.4, -0.2) is 202 Å². The van der Waals surface area contributed by atoms with Gasteiger partial charge in [-0.05, 0) is 120 Å². The zero-order valence-corrected chi connectivity index (χ0v) is 48.8. The summed E-state index contributed by atoms with van der Waals surface area (Å²) in [4.78, 5) is 78.3. The Morgan fingerprint density at radius 3 is 2.41 bits per heavy atom. The van der Waals surface area contributed by atoms with Crippen LogP contribution in [0, 0.1) is 23.7 Å². The van der Waals surface area contributed by atoms with Crippen LogP contribution in [0.3, 0.4) is 0 Å². The van der Waals surface area contributed by atoms with Crippen molar-refractivity contribution >= 4 is 46.6 Å².